The second-order valence-electron chi connectivity index (χ2n) is 3.06. The fraction of sp³-hybridized carbons (Fsp3) is 0.889. The first-order valence-corrected chi connectivity index (χ1v) is 4.64. The molecule has 0 aliphatic heterocycles. The van der Waals surface area contributed by atoms with Gasteiger partial charge in [0, 0.05) is 19.7 Å². The van der Waals surface area contributed by atoms with E-state index in [0.717, 1.165) is 0 Å². The molecular formula is C9H20N2O2. The van der Waals surface area contributed by atoms with Crippen LogP contribution in [0.4, 0.5) is 0 Å². The highest BCUT2D eigenvalue weighted by Gasteiger charge is 2.11. The minimum absolute atomic E-state index is 0.0256. The first-order chi connectivity index (χ1) is 6.11. The Balaban J connectivity index is 3.57. The number of amides is 1. The van der Waals surface area contributed by atoms with Crippen LogP contribution in [-0.4, -0.2) is 38.3 Å². The van der Waals surface area contributed by atoms with Crippen LogP contribution in [0.5, 0.6) is 0 Å². The van der Waals surface area contributed by atoms with Gasteiger partial charge >= 0.3 is 0 Å². The van der Waals surface area contributed by atoms with Crippen LogP contribution in [0.1, 0.15) is 20.8 Å². The predicted octanol–water partition coefficient (Wildman–Crippen LogP) is 0.136. The molecule has 2 N–H and O–H groups in total. The van der Waals surface area contributed by atoms with E-state index in [9.17, 15) is 4.79 Å². The SMILES string of the molecule is CCNC(=O)CNC(C)C(C)OC. The fourth-order valence-electron chi connectivity index (χ4n) is 0.883. The maximum absolute atomic E-state index is 11.0. The Labute approximate surface area is 80.0 Å². The van der Waals surface area contributed by atoms with Crippen LogP contribution in [0.2, 0.25) is 0 Å². The van der Waals surface area contributed by atoms with Crippen LogP contribution in [0.25, 0.3) is 0 Å². The summed E-state index contributed by atoms with van der Waals surface area (Å²) in [6, 6.07) is 0.188. The summed E-state index contributed by atoms with van der Waals surface area (Å²) in [5.74, 6) is 0.0256. The standard InChI is InChI=1S/C9H20N2O2/c1-5-10-9(12)6-11-7(2)8(3)13-4/h7-8,11H,5-6H2,1-4H3,(H,10,12). The number of nitrogens with one attached hydrogen (secondary N) is 2. The van der Waals surface area contributed by atoms with Gasteiger partial charge in [-0.05, 0) is 20.8 Å². The van der Waals surface area contributed by atoms with Gasteiger partial charge in [0.1, 0.15) is 0 Å². The number of methoxy groups -OCH3 is 1. The molecule has 0 spiro atoms. The summed E-state index contributed by atoms with van der Waals surface area (Å²) >= 11 is 0. The molecule has 0 heterocycles. The van der Waals surface area contributed by atoms with Crippen LogP contribution in [-0.2, 0) is 9.53 Å². The second kappa shape index (κ2) is 6.86. The Morgan fingerprint density at radius 2 is 2.08 bits per heavy atom. The summed E-state index contributed by atoms with van der Waals surface area (Å²) in [7, 11) is 1.66. The van der Waals surface area contributed by atoms with Crippen molar-refractivity contribution in [2.75, 3.05) is 20.2 Å². The Bertz CT molecular complexity index is 151. The molecule has 0 aliphatic carbocycles. The molecule has 2 atom stereocenters. The van der Waals surface area contributed by atoms with Crippen molar-refractivity contribution in [3.05, 3.63) is 0 Å². The number of carbonyl (C=O) groups excluding carboxylic acids is 1. The average molecular weight is 188 g/mol. The lowest BCUT2D eigenvalue weighted by molar-refractivity contribution is -0.120. The molecule has 0 aromatic carbocycles. The van der Waals surface area contributed by atoms with Crippen molar-refractivity contribution < 1.29 is 9.53 Å². The van der Waals surface area contributed by atoms with E-state index >= 15 is 0 Å². The third kappa shape index (κ3) is 5.60. The van der Waals surface area contributed by atoms with Gasteiger partial charge in [-0.1, -0.05) is 0 Å². The Morgan fingerprint density at radius 3 is 2.54 bits per heavy atom. The monoisotopic (exact) mass is 188 g/mol. The first-order valence-electron chi connectivity index (χ1n) is 4.64. The molecule has 0 aromatic rings. The first kappa shape index (κ1) is 12.4. The van der Waals surface area contributed by atoms with Crippen molar-refractivity contribution in [2.45, 2.75) is 32.9 Å². The van der Waals surface area contributed by atoms with Gasteiger partial charge in [0.15, 0.2) is 0 Å². The lowest BCUT2D eigenvalue weighted by Crippen LogP contribution is -2.42. The molecular weight excluding hydrogens is 168 g/mol. The van der Waals surface area contributed by atoms with Crippen molar-refractivity contribution in [1.29, 1.82) is 0 Å². The molecule has 78 valence electrons. The van der Waals surface area contributed by atoms with E-state index in [1.807, 2.05) is 20.8 Å². The van der Waals surface area contributed by atoms with E-state index in [1.165, 1.54) is 0 Å². The minimum Gasteiger partial charge on any atom is -0.380 e. The zero-order chi connectivity index (χ0) is 10.3. The zero-order valence-corrected chi connectivity index (χ0v) is 8.89. The van der Waals surface area contributed by atoms with Gasteiger partial charge in [-0.3, -0.25) is 4.79 Å². The maximum Gasteiger partial charge on any atom is 0.233 e. The summed E-state index contributed by atoms with van der Waals surface area (Å²) in [6.07, 6.45) is 0.120. The Hall–Kier alpha value is -0.610. The smallest absolute Gasteiger partial charge is 0.233 e. The lowest BCUT2D eigenvalue weighted by atomic mass is 10.2. The molecule has 0 aromatic heterocycles. The van der Waals surface area contributed by atoms with E-state index in [-0.39, 0.29) is 18.1 Å². The van der Waals surface area contributed by atoms with Crippen molar-refractivity contribution in [3.63, 3.8) is 0 Å². The average Bonchev–Trinajstić information content (AvgIpc) is 2.13. The van der Waals surface area contributed by atoms with Crippen LogP contribution in [0.3, 0.4) is 0 Å². The minimum atomic E-state index is 0.0256. The highest BCUT2D eigenvalue weighted by Crippen LogP contribution is 1.94. The normalized spacial score (nSPS) is 15.1. The van der Waals surface area contributed by atoms with E-state index in [1.54, 1.807) is 7.11 Å². The van der Waals surface area contributed by atoms with Gasteiger partial charge in [-0.25, -0.2) is 0 Å². The molecule has 0 rings (SSSR count). The van der Waals surface area contributed by atoms with Crippen LogP contribution < -0.4 is 10.6 Å². The number of hydrogen-bond acceptors (Lipinski definition) is 3. The number of likely N-dealkylation sites (N-methyl/N-ethyl adjacent to an activating group) is 1. The van der Waals surface area contributed by atoms with Crippen molar-refractivity contribution in [1.82, 2.24) is 10.6 Å². The second-order valence-corrected chi connectivity index (χ2v) is 3.06. The highest BCUT2D eigenvalue weighted by atomic mass is 16.5. The van der Waals surface area contributed by atoms with Gasteiger partial charge in [0.25, 0.3) is 0 Å². The zero-order valence-electron chi connectivity index (χ0n) is 8.89. The molecule has 13 heavy (non-hydrogen) atoms. The molecule has 0 saturated carbocycles. The summed E-state index contributed by atoms with van der Waals surface area (Å²) in [5.41, 5.74) is 0. The van der Waals surface area contributed by atoms with Crippen molar-refractivity contribution in [2.24, 2.45) is 0 Å². The molecule has 2 unspecified atom stereocenters. The molecule has 0 fully saturated rings. The molecule has 4 heteroatoms. The number of ether oxygens (including phenoxy) is 1. The Kier molecular flexibility index (Phi) is 6.54. The van der Waals surface area contributed by atoms with E-state index in [0.29, 0.717) is 13.1 Å². The van der Waals surface area contributed by atoms with E-state index in [4.69, 9.17) is 4.74 Å². The van der Waals surface area contributed by atoms with Gasteiger partial charge in [-0.15, -0.1) is 0 Å². The molecule has 0 radical (unpaired) electrons. The number of carbonyl (C=O) groups is 1. The highest BCUT2D eigenvalue weighted by molar-refractivity contribution is 5.77. The summed E-state index contributed by atoms with van der Waals surface area (Å²) in [5, 5.41) is 5.80. The van der Waals surface area contributed by atoms with E-state index in [2.05, 4.69) is 10.6 Å². The van der Waals surface area contributed by atoms with Gasteiger partial charge in [-0.2, -0.15) is 0 Å². The van der Waals surface area contributed by atoms with Gasteiger partial charge in [0.2, 0.25) is 5.91 Å². The Morgan fingerprint density at radius 1 is 1.46 bits per heavy atom. The van der Waals surface area contributed by atoms with E-state index < -0.39 is 0 Å². The van der Waals surface area contributed by atoms with Crippen LogP contribution in [0.15, 0.2) is 0 Å². The third-order valence-corrected chi connectivity index (χ3v) is 2.03. The number of rotatable bonds is 6. The predicted molar refractivity (Wildman–Crippen MR) is 52.6 cm³/mol. The lowest BCUT2D eigenvalue weighted by Gasteiger charge is -2.19. The third-order valence-electron chi connectivity index (χ3n) is 2.03. The van der Waals surface area contributed by atoms with Crippen molar-refractivity contribution >= 4 is 5.91 Å². The fourth-order valence-corrected chi connectivity index (χ4v) is 0.883. The van der Waals surface area contributed by atoms with Crippen LogP contribution >= 0.6 is 0 Å². The molecule has 4 nitrogen and oxygen atoms in total. The molecule has 0 saturated heterocycles. The maximum atomic E-state index is 11.0. The molecule has 0 bridgehead atoms. The largest absolute Gasteiger partial charge is 0.380 e. The topological polar surface area (TPSA) is 50.4 Å². The summed E-state index contributed by atoms with van der Waals surface area (Å²) < 4.78 is 5.11. The van der Waals surface area contributed by atoms with Gasteiger partial charge < -0.3 is 15.4 Å². The summed E-state index contributed by atoms with van der Waals surface area (Å²) in [4.78, 5) is 11.0. The number of hydrogen-bond donors (Lipinski definition) is 2. The summed E-state index contributed by atoms with van der Waals surface area (Å²) in [6.45, 7) is 6.89. The van der Waals surface area contributed by atoms with Gasteiger partial charge in [0.05, 0.1) is 12.6 Å². The molecule has 1 amide bonds. The van der Waals surface area contributed by atoms with Crippen molar-refractivity contribution in [3.8, 4) is 0 Å². The molecule has 0 aliphatic rings. The van der Waals surface area contributed by atoms with Crippen LogP contribution in [0, 0.1) is 0 Å². The quantitative estimate of drug-likeness (QED) is 0.623.